The molecule has 0 aliphatic heterocycles. The van der Waals surface area contributed by atoms with Crippen LogP contribution in [0.4, 0.5) is 0 Å². The first-order valence-electron chi connectivity index (χ1n) is 21.7. The second-order valence-corrected chi connectivity index (χ2v) is 14.2. The molecule has 0 spiro atoms. The molecule has 0 rings (SSSR count). The Morgan fingerprint density at radius 1 is 0.500 bits per heavy atom. The molecule has 54 heavy (non-hydrogen) atoms. The second kappa shape index (κ2) is 42.3. The molecule has 0 aromatic heterocycles. The van der Waals surface area contributed by atoms with Gasteiger partial charge in [-0.2, -0.15) is 0 Å². The number of hydrogen-bond donors (Lipinski definition) is 2. The molecule has 0 aliphatic rings. The van der Waals surface area contributed by atoms with Gasteiger partial charge < -0.3 is 15.2 Å². The van der Waals surface area contributed by atoms with Crippen molar-refractivity contribution >= 4 is 17.8 Å². The summed E-state index contributed by atoms with van der Waals surface area (Å²) in [6.45, 7) is 4.07. The molecular weight excluding hydrogens is 671 g/mol. The molecule has 0 aliphatic carbocycles. The van der Waals surface area contributed by atoms with E-state index >= 15 is 0 Å². The summed E-state index contributed by atoms with van der Waals surface area (Å²) in [5.74, 6) is -1.29. The molecule has 0 saturated carbocycles. The van der Waals surface area contributed by atoms with E-state index in [1.54, 1.807) is 0 Å². The van der Waals surface area contributed by atoms with Crippen LogP contribution in [0.3, 0.4) is 0 Å². The van der Waals surface area contributed by atoms with Crippen LogP contribution in [0.5, 0.6) is 0 Å². The van der Waals surface area contributed by atoms with Gasteiger partial charge >= 0.3 is 11.9 Å². The van der Waals surface area contributed by atoms with Crippen molar-refractivity contribution in [2.75, 3.05) is 6.54 Å². The topological polar surface area (TPSA) is 92.7 Å². The molecule has 0 aromatic rings. The lowest BCUT2D eigenvalue weighted by molar-refractivity contribution is -0.150. The zero-order valence-corrected chi connectivity index (χ0v) is 34.5. The summed E-state index contributed by atoms with van der Waals surface area (Å²) in [6.07, 6.45) is 58.5. The number of nitrogens with one attached hydrogen (secondary N) is 1. The summed E-state index contributed by atoms with van der Waals surface area (Å²) in [4.78, 5) is 35.0. The van der Waals surface area contributed by atoms with Gasteiger partial charge in [-0.1, -0.05) is 150 Å². The van der Waals surface area contributed by atoms with E-state index in [0.29, 0.717) is 12.8 Å². The largest absolute Gasteiger partial charge is 0.480 e. The lowest BCUT2D eigenvalue weighted by atomic mass is 10.0. The standard InChI is InChI=1S/C48H79NO5/c1-3-5-7-9-11-13-15-16-17-18-19-20-21-22-23-24-26-28-30-35-39-43-48(53)54-45(40-36-32-29-27-25-14-12-10-8-6-4-2)41-37-33-31-34-38-42-46(50)49-44-47(51)52/h5,7,11-14,16-17,19-20,22-23,27,29,45H,3-4,6,8-10,15,18,21,24-26,28,30-44H2,1-2H3,(H,49,50)(H,51,52)/b7-5-,13-11-,14-12-,17-16-,20-19-,23-22-,29-27-. The number of carbonyl (C=O) groups excluding carboxylic acids is 2. The van der Waals surface area contributed by atoms with Crippen molar-refractivity contribution < 1.29 is 24.2 Å². The van der Waals surface area contributed by atoms with Crippen LogP contribution >= 0.6 is 0 Å². The molecule has 2 N–H and O–H groups in total. The molecule has 0 radical (unpaired) electrons. The van der Waals surface area contributed by atoms with Crippen molar-refractivity contribution in [2.45, 2.75) is 193 Å². The number of ether oxygens (including phenoxy) is 1. The van der Waals surface area contributed by atoms with E-state index in [0.717, 1.165) is 122 Å². The maximum absolute atomic E-state index is 12.7. The average Bonchev–Trinajstić information content (AvgIpc) is 3.16. The maximum atomic E-state index is 12.7. The first kappa shape index (κ1) is 50.6. The number of unbranched alkanes of at least 4 members (excludes halogenated alkanes) is 13. The fourth-order valence-corrected chi connectivity index (χ4v) is 5.87. The highest BCUT2D eigenvalue weighted by atomic mass is 16.5. The fourth-order valence-electron chi connectivity index (χ4n) is 5.87. The van der Waals surface area contributed by atoms with Gasteiger partial charge in [0.15, 0.2) is 0 Å². The smallest absolute Gasteiger partial charge is 0.322 e. The van der Waals surface area contributed by atoms with Crippen molar-refractivity contribution in [1.82, 2.24) is 5.32 Å². The minimum atomic E-state index is -1.02. The summed E-state index contributed by atoms with van der Waals surface area (Å²) < 4.78 is 5.99. The minimum Gasteiger partial charge on any atom is -0.480 e. The number of carboxylic acid groups (broad SMARTS) is 1. The van der Waals surface area contributed by atoms with Gasteiger partial charge in [0, 0.05) is 12.8 Å². The SMILES string of the molecule is CC/C=C\C/C=C\C/C=C\C/C=C\C/C=C\CCCCCCCC(=O)OC(CCC/C=C\C/C=C\CCCCC)CCCCCCCC(=O)NCC(=O)O. The lowest BCUT2D eigenvalue weighted by Crippen LogP contribution is -2.28. The van der Waals surface area contributed by atoms with Gasteiger partial charge in [-0.05, 0) is 109 Å². The Morgan fingerprint density at radius 3 is 1.46 bits per heavy atom. The number of aliphatic carboxylic acids is 1. The molecule has 306 valence electrons. The third kappa shape index (κ3) is 41.3. The molecule has 6 nitrogen and oxygen atoms in total. The summed E-state index contributed by atoms with van der Waals surface area (Å²) >= 11 is 0. The van der Waals surface area contributed by atoms with Gasteiger partial charge in [-0.15, -0.1) is 0 Å². The molecule has 6 heteroatoms. The van der Waals surface area contributed by atoms with E-state index in [-0.39, 0.29) is 24.5 Å². The Bertz CT molecular complexity index is 1100. The Labute approximate surface area is 331 Å². The van der Waals surface area contributed by atoms with Crippen LogP contribution in [0.25, 0.3) is 0 Å². The number of carboxylic acids is 1. The zero-order valence-electron chi connectivity index (χ0n) is 34.5. The lowest BCUT2D eigenvalue weighted by Gasteiger charge is -2.18. The van der Waals surface area contributed by atoms with E-state index < -0.39 is 5.97 Å². The fraction of sp³-hybridized carbons (Fsp3) is 0.646. The van der Waals surface area contributed by atoms with E-state index in [1.165, 1.54) is 38.5 Å². The van der Waals surface area contributed by atoms with Crippen LogP contribution in [0.15, 0.2) is 85.1 Å². The number of allylic oxidation sites excluding steroid dienone is 14. The number of amides is 1. The van der Waals surface area contributed by atoms with Crippen molar-refractivity contribution in [3.05, 3.63) is 85.1 Å². The molecule has 0 bridgehead atoms. The minimum absolute atomic E-state index is 0.0328. The van der Waals surface area contributed by atoms with Gasteiger partial charge in [0.1, 0.15) is 12.6 Å². The van der Waals surface area contributed by atoms with E-state index in [2.05, 4.69) is 104 Å². The first-order valence-corrected chi connectivity index (χ1v) is 21.7. The second-order valence-electron chi connectivity index (χ2n) is 14.2. The van der Waals surface area contributed by atoms with Crippen LogP contribution < -0.4 is 5.32 Å². The normalized spacial score (nSPS) is 12.9. The monoisotopic (exact) mass is 750 g/mol. The van der Waals surface area contributed by atoms with Gasteiger partial charge in [0.25, 0.3) is 0 Å². The van der Waals surface area contributed by atoms with Gasteiger partial charge in [-0.25, -0.2) is 0 Å². The summed E-state index contributed by atoms with van der Waals surface area (Å²) in [6, 6.07) is 0. The average molecular weight is 750 g/mol. The molecule has 0 saturated heterocycles. The molecule has 1 unspecified atom stereocenters. The molecule has 1 amide bonds. The molecule has 0 heterocycles. The highest BCUT2D eigenvalue weighted by Gasteiger charge is 2.14. The van der Waals surface area contributed by atoms with E-state index in [9.17, 15) is 14.4 Å². The quantitative estimate of drug-likeness (QED) is 0.0372. The third-order valence-corrected chi connectivity index (χ3v) is 9.05. The number of carbonyl (C=O) groups is 3. The Morgan fingerprint density at radius 2 is 0.926 bits per heavy atom. The Balaban J connectivity index is 4.23. The van der Waals surface area contributed by atoms with Crippen molar-refractivity contribution in [2.24, 2.45) is 0 Å². The van der Waals surface area contributed by atoms with Crippen LogP contribution in [0.1, 0.15) is 187 Å². The van der Waals surface area contributed by atoms with E-state index in [4.69, 9.17) is 9.84 Å². The highest BCUT2D eigenvalue weighted by Crippen LogP contribution is 2.17. The van der Waals surface area contributed by atoms with Gasteiger partial charge in [0.05, 0.1) is 0 Å². The predicted molar refractivity (Wildman–Crippen MR) is 231 cm³/mol. The maximum Gasteiger partial charge on any atom is 0.322 e. The van der Waals surface area contributed by atoms with Crippen LogP contribution in [0.2, 0.25) is 0 Å². The number of hydrogen-bond acceptors (Lipinski definition) is 4. The van der Waals surface area contributed by atoms with Crippen LogP contribution in [0, 0.1) is 0 Å². The number of rotatable bonds is 38. The molecule has 1 atom stereocenters. The first-order chi connectivity index (χ1) is 26.5. The summed E-state index contributed by atoms with van der Waals surface area (Å²) in [5, 5.41) is 11.1. The third-order valence-electron chi connectivity index (χ3n) is 9.05. The number of esters is 1. The zero-order chi connectivity index (χ0) is 39.4. The highest BCUT2D eigenvalue weighted by molar-refractivity contribution is 5.80. The molecule has 0 aromatic carbocycles. The van der Waals surface area contributed by atoms with E-state index in [1.807, 2.05) is 0 Å². The Kier molecular flexibility index (Phi) is 39.7. The van der Waals surface area contributed by atoms with Gasteiger partial charge in [-0.3, -0.25) is 14.4 Å². The predicted octanol–water partition coefficient (Wildman–Crippen LogP) is 13.6. The van der Waals surface area contributed by atoms with Crippen molar-refractivity contribution in [1.29, 1.82) is 0 Å². The Hall–Kier alpha value is -3.41. The van der Waals surface area contributed by atoms with Crippen LogP contribution in [-0.4, -0.2) is 35.6 Å². The summed E-state index contributed by atoms with van der Waals surface area (Å²) in [7, 11) is 0. The van der Waals surface area contributed by atoms with Gasteiger partial charge in [0.2, 0.25) is 5.91 Å². The van der Waals surface area contributed by atoms with Crippen LogP contribution in [-0.2, 0) is 19.1 Å². The molecule has 0 fully saturated rings. The van der Waals surface area contributed by atoms with Crippen molar-refractivity contribution in [3.63, 3.8) is 0 Å². The molecular formula is C48H79NO5. The van der Waals surface area contributed by atoms with Crippen molar-refractivity contribution in [3.8, 4) is 0 Å². The summed E-state index contributed by atoms with van der Waals surface area (Å²) in [5.41, 5.74) is 0.